The minimum Gasteiger partial charge on any atom is -0.360 e. The molecule has 0 aliphatic rings. The number of nitrogens with zero attached hydrogens (tertiary/aromatic N) is 2. The van der Waals surface area contributed by atoms with Gasteiger partial charge in [0.2, 0.25) is 0 Å². The first kappa shape index (κ1) is 20.8. The summed E-state index contributed by atoms with van der Waals surface area (Å²) in [6, 6.07) is 21.6. The van der Waals surface area contributed by atoms with Crippen molar-refractivity contribution in [3.63, 3.8) is 0 Å². The topological polar surface area (TPSA) is 62.7 Å². The van der Waals surface area contributed by atoms with Gasteiger partial charge in [-0.1, -0.05) is 48.5 Å². The molecule has 0 amide bonds. The quantitative estimate of drug-likeness (QED) is 0.325. The molecule has 0 spiro atoms. The SMILES string of the molecule is O=C(c1c[nH]c2cc(-n3ccnc3)ccc12)C(NCCc1ccc(F)cc1)c1ccccc1. The Kier molecular flexibility index (Phi) is 5.83. The molecule has 0 saturated carbocycles. The number of halogens is 1. The molecule has 1 atom stereocenters. The number of nitrogens with one attached hydrogen (secondary N) is 2. The highest BCUT2D eigenvalue weighted by molar-refractivity contribution is 6.10. The van der Waals surface area contributed by atoms with Gasteiger partial charge in [0.1, 0.15) is 5.82 Å². The van der Waals surface area contributed by atoms with Gasteiger partial charge in [-0.3, -0.25) is 4.79 Å². The van der Waals surface area contributed by atoms with Gasteiger partial charge >= 0.3 is 0 Å². The standard InChI is InChI=1S/C27H23FN4O/c28-21-8-6-19(7-9-21)12-13-30-26(20-4-2-1-3-5-20)27(33)24-17-31-25-16-22(10-11-23(24)25)32-15-14-29-18-32/h1-11,14-18,26,30-31H,12-13H2. The van der Waals surface area contributed by atoms with E-state index < -0.39 is 6.04 Å². The van der Waals surface area contributed by atoms with Crippen molar-refractivity contribution in [2.75, 3.05) is 6.54 Å². The molecule has 5 rings (SSSR count). The molecule has 3 aromatic carbocycles. The van der Waals surface area contributed by atoms with Gasteiger partial charge in [-0.15, -0.1) is 0 Å². The summed E-state index contributed by atoms with van der Waals surface area (Å²) in [4.78, 5) is 21.0. The van der Waals surface area contributed by atoms with Gasteiger partial charge in [0.25, 0.3) is 0 Å². The number of benzene rings is 3. The lowest BCUT2D eigenvalue weighted by molar-refractivity contribution is 0.0945. The van der Waals surface area contributed by atoms with Crippen molar-refractivity contribution in [3.8, 4) is 5.69 Å². The molecule has 5 nitrogen and oxygen atoms in total. The van der Waals surface area contributed by atoms with E-state index in [0.29, 0.717) is 18.5 Å². The molecule has 164 valence electrons. The summed E-state index contributed by atoms with van der Waals surface area (Å²) in [5.41, 5.74) is 4.43. The average molecular weight is 439 g/mol. The van der Waals surface area contributed by atoms with Crippen LogP contribution in [0.5, 0.6) is 0 Å². The molecule has 0 fully saturated rings. The third-order valence-corrected chi connectivity index (χ3v) is 5.80. The highest BCUT2D eigenvalue weighted by Crippen LogP contribution is 2.26. The summed E-state index contributed by atoms with van der Waals surface area (Å²) in [5, 5.41) is 4.30. The number of fused-ring (bicyclic) bond motifs is 1. The Labute approximate surface area is 190 Å². The van der Waals surface area contributed by atoms with Gasteiger partial charge in [0.05, 0.1) is 12.4 Å². The minimum absolute atomic E-state index is 0.00179. The Bertz CT molecular complexity index is 1360. The van der Waals surface area contributed by atoms with Gasteiger partial charge in [-0.2, -0.15) is 0 Å². The van der Waals surface area contributed by atoms with E-state index in [2.05, 4.69) is 15.3 Å². The molecule has 0 aliphatic heterocycles. The Hall–Kier alpha value is -4.03. The number of imidazole rings is 1. The second-order valence-electron chi connectivity index (χ2n) is 7.94. The molecule has 2 heterocycles. The summed E-state index contributed by atoms with van der Waals surface area (Å²) < 4.78 is 15.1. The van der Waals surface area contributed by atoms with E-state index >= 15 is 0 Å². The molecule has 33 heavy (non-hydrogen) atoms. The number of H-pyrrole nitrogens is 1. The third kappa shape index (κ3) is 4.47. The van der Waals surface area contributed by atoms with Crippen molar-refractivity contribution in [2.24, 2.45) is 0 Å². The molecule has 0 radical (unpaired) electrons. The van der Waals surface area contributed by atoms with Crippen molar-refractivity contribution < 1.29 is 9.18 Å². The number of hydrogen-bond donors (Lipinski definition) is 2. The largest absolute Gasteiger partial charge is 0.360 e. The van der Waals surface area contributed by atoms with Crippen LogP contribution in [0.15, 0.2) is 97.7 Å². The van der Waals surface area contributed by atoms with Crippen molar-refractivity contribution in [2.45, 2.75) is 12.5 Å². The Morgan fingerprint density at radius 3 is 2.64 bits per heavy atom. The highest BCUT2D eigenvalue weighted by Gasteiger charge is 2.24. The van der Waals surface area contributed by atoms with Crippen LogP contribution in [0.3, 0.4) is 0 Å². The number of aromatic nitrogens is 3. The number of carbonyl (C=O) groups is 1. The van der Waals surface area contributed by atoms with Crippen LogP contribution in [0.1, 0.15) is 27.5 Å². The van der Waals surface area contributed by atoms with Crippen LogP contribution in [0.25, 0.3) is 16.6 Å². The number of aromatic amines is 1. The van der Waals surface area contributed by atoms with Gasteiger partial charge in [-0.25, -0.2) is 9.37 Å². The Morgan fingerprint density at radius 2 is 1.88 bits per heavy atom. The van der Waals surface area contributed by atoms with Crippen LogP contribution in [0.2, 0.25) is 0 Å². The van der Waals surface area contributed by atoms with E-state index in [1.165, 1.54) is 12.1 Å². The Morgan fingerprint density at radius 1 is 1.06 bits per heavy atom. The maximum Gasteiger partial charge on any atom is 0.186 e. The zero-order valence-electron chi connectivity index (χ0n) is 17.9. The predicted molar refractivity (Wildman–Crippen MR) is 127 cm³/mol. The molecule has 1 unspecified atom stereocenters. The Balaban J connectivity index is 1.40. The van der Waals surface area contributed by atoms with Crippen LogP contribution < -0.4 is 5.32 Å². The normalized spacial score (nSPS) is 12.2. The summed E-state index contributed by atoms with van der Waals surface area (Å²) >= 11 is 0. The van der Waals surface area contributed by atoms with E-state index in [0.717, 1.165) is 27.7 Å². The van der Waals surface area contributed by atoms with Crippen LogP contribution in [-0.4, -0.2) is 26.9 Å². The molecular weight excluding hydrogens is 415 g/mol. The van der Waals surface area contributed by atoms with Crippen LogP contribution in [-0.2, 0) is 6.42 Å². The second kappa shape index (κ2) is 9.22. The highest BCUT2D eigenvalue weighted by atomic mass is 19.1. The van der Waals surface area contributed by atoms with Crippen molar-refractivity contribution in [1.29, 1.82) is 0 Å². The van der Waals surface area contributed by atoms with E-state index in [4.69, 9.17) is 0 Å². The maximum absolute atomic E-state index is 13.7. The first-order valence-electron chi connectivity index (χ1n) is 10.9. The van der Waals surface area contributed by atoms with E-state index in [-0.39, 0.29) is 11.6 Å². The predicted octanol–water partition coefficient (Wildman–Crippen LogP) is 5.25. The number of carbonyl (C=O) groups excluding carboxylic acids is 1. The fraction of sp³-hybridized carbons (Fsp3) is 0.111. The zero-order chi connectivity index (χ0) is 22.6. The molecular formula is C27H23FN4O. The van der Waals surface area contributed by atoms with Crippen LogP contribution in [0.4, 0.5) is 4.39 Å². The molecule has 2 N–H and O–H groups in total. The first-order valence-corrected chi connectivity index (χ1v) is 10.9. The monoisotopic (exact) mass is 438 g/mol. The number of rotatable bonds is 8. The lowest BCUT2D eigenvalue weighted by Crippen LogP contribution is -2.30. The molecule has 6 heteroatoms. The second-order valence-corrected chi connectivity index (χ2v) is 7.94. The average Bonchev–Trinajstić information content (AvgIpc) is 3.53. The van der Waals surface area contributed by atoms with Crippen molar-refractivity contribution in [1.82, 2.24) is 19.9 Å². The van der Waals surface area contributed by atoms with Crippen LogP contribution >= 0.6 is 0 Å². The first-order chi connectivity index (χ1) is 16.2. The molecule has 5 aromatic rings. The summed E-state index contributed by atoms with van der Waals surface area (Å²) in [6.45, 7) is 0.587. The van der Waals surface area contributed by atoms with Gasteiger partial charge < -0.3 is 14.9 Å². The van der Waals surface area contributed by atoms with E-state index in [1.807, 2.05) is 59.3 Å². The lowest BCUT2D eigenvalue weighted by Gasteiger charge is -2.18. The smallest absolute Gasteiger partial charge is 0.186 e. The van der Waals surface area contributed by atoms with Crippen LogP contribution in [0, 0.1) is 5.82 Å². The lowest BCUT2D eigenvalue weighted by atomic mass is 9.96. The van der Waals surface area contributed by atoms with Crippen molar-refractivity contribution >= 4 is 16.7 Å². The number of ketones is 1. The molecule has 2 aromatic heterocycles. The zero-order valence-corrected chi connectivity index (χ0v) is 17.9. The van der Waals surface area contributed by atoms with E-state index in [1.54, 1.807) is 30.9 Å². The van der Waals surface area contributed by atoms with Crippen molar-refractivity contribution in [3.05, 3.63) is 120 Å². The molecule has 0 aliphatic carbocycles. The van der Waals surface area contributed by atoms with E-state index in [9.17, 15) is 9.18 Å². The van der Waals surface area contributed by atoms with Gasteiger partial charge in [0, 0.05) is 47.3 Å². The fourth-order valence-electron chi connectivity index (χ4n) is 4.07. The minimum atomic E-state index is -0.487. The molecule has 0 bridgehead atoms. The summed E-state index contributed by atoms with van der Waals surface area (Å²) in [6.07, 6.45) is 7.83. The fourth-order valence-corrected chi connectivity index (χ4v) is 4.07. The third-order valence-electron chi connectivity index (χ3n) is 5.80. The van der Waals surface area contributed by atoms with Gasteiger partial charge in [0.15, 0.2) is 5.78 Å². The number of Topliss-reactive ketones (excluding diaryl/α,β-unsaturated/α-hetero) is 1. The summed E-state index contributed by atoms with van der Waals surface area (Å²) in [5.74, 6) is -0.249. The molecule has 0 saturated heterocycles. The number of hydrogen-bond acceptors (Lipinski definition) is 3. The maximum atomic E-state index is 13.7. The van der Waals surface area contributed by atoms with Gasteiger partial charge in [-0.05, 0) is 41.8 Å². The summed E-state index contributed by atoms with van der Waals surface area (Å²) in [7, 11) is 0.